The number of esters is 1. The van der Waals surface area contributed by atoms with E-state index >= 15 is 0 Å². The summed E-state index contributed by atoms with van der Waals surface area (Å²) in [6.07, 6.45) is -0.915. The van der Waals surface area contributed by atoms with Crippen LogP contribution in [0.3, 0.4) is 0 Å². The lowest BCUT2D eigenvalue weighted by Crippen LogP contribution is -2.24. The third-order valence-corrected chi connectivity index (χ3v) is 3.24. The SMILES string of the molecule is C[C@@H](O)c1c(F)cccc1SCC(=O)OC(C)(C)C. The molecule has 0 unspecified atom stereocenters. The standard InChI is InChI=1S/C14H19FO3S/c1-9(16)13-10(15)6-5-7-11(13)19-8-12(17)18-14(2,3)4/h5-7,9,16H,8H2,1-4H3/t9-/m1/s1. The number of hydrogen-bond donors (Lipinski definition) is 1. The fraction of sp³-hybridized carbons (Fsp3) is 0.500. The van der Waals surface area contributed by atoms with Crippen molar-refractivity contribution in [1.29, 1.82) is 0 Å². The second-order valence-corrected chi connectivity index (χ2v) is 6.22. The third kappa shape index (κ3) is 5.20. The molecular weight excluding hydrogens is 267 g/mol. The van der Waals surface area contributed by atoms with Crippen molar-refractivity contribution in [2.75, 3.05) is 5.75 Å². The van der Waals surface area contributed by atoms with Gasteiger partial charge in [0.05, 0.1) is 11.9 Å². The topological polar surface area (TPSA) is 46.5 Å². The van der Waals surface area contributed by atoms with E-state index in [2.05, 4.69) is 0 Å². The molecule has 0 aliphatic heterocycles. The minimum atomic E-state index is -0.915. The molecule has 1 atom stereocenters. The number of carbonyl (C=O) groups excluding carboxylic acids is 1. The van der Waals surface area contributed by atoms with E-state index in [-0.39, 0.29) is 17.3 Å². The monoisotopic (exact) mass is 286 g/mol. The molecule has 106 valence electrons. The van der Waals surface area contributed by atoms with Gasteiger partial charge < -0.3 is 9.84 Å². The van der Waals surface area contributed by atoms with Gasteiger partial charge >= 0.3 is 5.97 Å². The van der Waals surface area contributed by atoms with Crippen molar-refractivity contribution in [3.8, 4) is 0 Å². The maximum atomic E-state index is 13.6. The first-order valence-electron chi connectivity index (χ1n) is 6.02. The lowest BCUT2D eigenvalue weighted by molar-refractivity contribution is -0.151. The quantitative estimate of drug-likeness (QED) is 0.681. The summed E-state index contributed by atoms with van der Waals surface area (Å²) in [5, 5.41) is 9.57. The highest BCUT2D eigenvalue weighted by atomic mass is 32.2. The average Bonchev–Trinajstić information content (AvgIpc) is 2.23. The first-order valence-corrected chi connectivity index (χ1v) is 7.00. The highest BCUT2D eigenvalue weighted by Gasteiger charge is 2.18. The normalized spacial score (nSPS) is 13.2. The molecule has 0 saturated heterocycles. The van der Waals surface area contributed by atoms with Crippen molar-refractivity contribution < 1.29 is 19.0 Å². The van der Waals surface area contributed by atoms with Crippen molar-refractivity contribution in [3.05, 3.63) is 29.6 Å². The van der Waals surface area contributed by atoms with Crippen molar-refractivity contribution in [1.82, 2.24) is 0 Å². The molecule has 1 aromatic carbocycles. The smallest absolute Gasteiger partial charge is 0.316 e. The zero-order valence-corrected chi connectivity index (χ0v) is 12.4. The molecule has 5 heteroatoms. The van der Waals surface area contributed by atoms with Gasteiger partial charge in [0.15, 0.2) is 0 Å². The number of aliphatic hydroxyl groups excluding tert-OH is 1. The zero-order chi connectivity index (χ0) is 14.6. The van der Waals surface area contributed by atoms with Crippen molar-refractivity contribution in [3.63, 3.8) is 0 Å². The minimum absolute atomic E-state index is 0.0838. The van der Waals surface area contributed by atoms with E-state index in [4.69, 9.17) is 4.74 Å². The Hall–Kier alpha value is -1.07. The van der Waals surface area contributed by atoms with E-state index in [0.29, 0.717) is 4.90 Å². The van der Waals surface area contributed by atoms with Crippen LogP contribution >= 0.6 is 11.8 Å². The summed E-state index contributed by atoms with van der Waals surface area (Å²) in [5.41, 5.74) is -0.316. The fourth-order valence-corrected chi connectivity index (χ4v) is 2.49. The molecule has 0 aromatic heterocycles. The summed E-state index contributed by atoms with van der Waals surface area (Å²) in [5.74, 6) is -0.747. The second-order valence-electron chi connectivity index (χ2n) is 5.20. The number of thioether (sulfide) groups is 1. The summed E-state index contributed by atoms with van der Waals surface area (Å²) in [4.78, 5) is 12.2. The lowest BCUT2D eigenvalue weighted by atomic mass is 10.1. The van der Waals surface area contributed by atoms with E-state index in [1.54, 1.807) is 32.9 Å². The average molecular weight is 286 g/mol. The molecule has 0 spiro atoms. The molecule has 0 heterocycles. The molecule has 0 bridgehead atoms. The van der Waals surface area contributed by atoms with Crippen LogP contribution in [0.4, 0.5) is 4.39 Å². The van der Waals surface area contributed by atoms with Gasteiger partial charge in [-0.3, -0.25) is 4.79 Å². The molecule has 3 nitrogen and oxygen atoms in total. The van der Waals surface area contributed by atoms with Gasteiger partial charge in [-0.15, -0.1) is 11.8 Å². The Morgan fingerprint density at radius 2 is 2.11 bits per heavy atom. The fourth-order valence-electron chi connectivity index (χ4n) is 1.56. The number of hydrogen-bond acceptors (Lipinski definition) is 4. The molecule has 1 aromatic rings. The van der Waals surface area contributed by atoms with Crippen LogP contribution in [0, 0.1) is 5.82 Å². The first kappa shape index (κ1) is 16.0. The maximum absolute atomic E-state index is 13.6. The molecule has 0 radical (unpaired) electrons. The largest absolute Gasteiger partial charge is 0.459 e. The highest BCUT2D eigenvalue weighted by molar-refractivity contribution is 8.00. The molecule has 0 aliphatic rings. The van der Waals surface area contributed by atoms with Crippen LogP contribution in [-0.4, -0.2) is 22.4 Å². The minimum Gasteiger partial charge on any atom is -0.459 e. The third-order valence-electron chi connectivity index (χ3n) is 2.20. The summed E-state index contributed by atoms with van der Waals surface area (Å²) >= 11 is 1.16. The van der Waals surface area contributed by atoms with Crippen LogP contribution in [0.25, 0.3) is 0 Å². The van der Waals surface area contributed by atoms with Gasteiger partial charge in [-0.2, -0.15) is 0 Å². The number of benzene rings is 1. The van der Waals surface area contributed by atoms with Gasteiger partial charge in [0.1, 0.15) is 11.4 Å². The highest BCUT2D eigenvalue weighted by Crippen LogP contribution is 2.30. The molecule has 0 saturated carbocycles. The Morgan fingerprint density at radius 1 is 1.47 bits per heavy atom. The van der Waals surface area contributed by atoms with E-state index in [1.165, 1.54) is 13.0 Å². The number of rotatable bonds is 4. The Kier molecular flexibility index (Phi) is 5.38. The van der Waals surface area contributed by atoms with E-state index in [0.717, 1.165) is 11.8 Å². The van der Waals surface area contributed by atoms with Crippen LogP contribution in [0.5, 0.6) is 0 Å². The predicted molar refractivity (Wildman–Crippen MR) is 73.6 cm³/mol. The van der Waals surface area contributed by atoms with Gasteiger partial charge in [0.2, 0.25) is 0 Å². The van der Waals surface area contributed by atoms with Crippen LogP contribution < -0.4 is 0 Å². The second kappa shape index (κ2) is 6.39. The number of aliphatic hydroxyl groups is 1. The number of halogens is 1. The van der Waals surface area contributed by atoms with Crippen molar-refractivity contribution >= 4 is 17.7 Å². The molecule has 0 fully saturated rings. The van der Waals surface area contributed by atoms with Gasteiger partial charge in [-0.1, -0.05) is 6.07 Å². The zero-order valence-electron chi connectivity index (χ0n) is 11.6. The van der Waals surface area contributed by atoms with Crippen molar-refractivity contribution in [2.24, 2.45) is 0 Å². The molecule has 0 amide bonds. The van der Waals surface area contributed by atoms with E-state index in [1.807, 2.05) is 0 Å². The summed E-state index contributed by atoms with van der Waals surface area (Å²) < 4.78 is 18.8. The van der Waals surface area contributed by atoms with Crippen molar-refractivity contribution in [2.45, 2.75) is 44.3 Å². The molecular formula is C14H19FO3S. The Labute approximate surface area is 117 Å². The lowest BCUT2D eigenvalue weighted by Gasteiger charge is -2.19. The van der Waals surface area contributed by atoms with Gasteiger partial charge in [0.25, 0.3) is 0 Å². The first-order chi connectivity index (χ1) is 8.70. The molecule has 1 rings (SSSR count). The van der Waals surface area contributed by atoms with E-state index in [9.17, 15) is 14.3 Å². The van der Waals surface area contributed by atoms with Crippen LogP contribution in [-0.2, 0) is 9.53 Å². The van der Waals surface area contributed by atoms with Crippen LogP contribution in [0.1, 0.15) is 39.4 Å². The van der Waals surface area contributed by atoms with Gasteiger partial charge in [0, 0.05) is 10.5 Å². The summed E-state index contributed by atoms with van der Waals surface area (Å²) in [6.45, 7) is 6.87. The Morgan fingerprint density at radius 3 is 2.63 bits per heavy atom. The maximum Gasteiger partial charge on any atom is 0.316 e. The van der Waals surface area contributed by atoms with Gasteiger partial charge in [-0.05, 0) is 39.8 Å². The predicted octanol–water partition coefficient (Wildman–Crippen LogP) is 3.31. The Balaban J connectivity index is 2.73. The Bertz CT molecular complexity index is 452. The summed E-state index contributed by atoms with van der Waals surface area (Å²) in [6, 6.07) is 4.53. The van der Waals surface area contributed by atoms with Gasteiger partial charge in [-0.25, -0.2) is 4.39 Å². The van der Waals surface area contributed by atoms with Crippen LogP contribution in [0.2, 0.25) is 0 Å². The number of carbonyl (C=O) groups is 1. The van der Waals surface area contributed by atoms with E-state index < -0.39 is 17.5 Å². The number of ether oxygens (including phenoxy) is 1. The van der Waals surface area contributed by atoms with Crippen LogP contribution in [0.15, 0.2) is 23.1 Å². The molecule has 19 heavy (non-hydrogen) atoms. The molecule has 0 aliphatic carbocycles. The molecule has 1 N–H and O–H groups in total. The summed E-state index contributed by atoms with van der Waals surface area (Å²) in [7, 11) is 0.